The maximum atomic E-state index is 12.5. The fourth-order valence-corrected chi connectivity index (χ4v) is 1.66. The van der Waals surface area contributed by atoms with Gasteiger partial charge in [0, 0.05) is 10.5 Å². The van der Waals surface area contributed by atoms with Gasteiger partial charge >= 0.3 is 6.18 Å². The van der Waals surface area contributed by atoms with Crippen LogP contribution in [0.2, 0.25) is 0 Å². The van der Waals surface area contributed by atoms with E-state index in [-0.39, 0.29) is 12.5 Å². The maximum Gasteiger partial charge on any atom is 0.433 e. The second-order valence-corrected chi connectivity index (χ2v) is 4.78. The van der Waals surface area contributed by atoms with Crippen LogP contribution in [0.1, 0.15) is 11.3 Å². The average Bonchev–Trinajstić information content (AvgIpc) is 2.36. The van der Waals surface area contributed by atoms with Crippen molar-refractivity contribution in [1.29, 1.82) is 0 Å². The molecule has 0 radical (unpaired) electrons. The van der Waals surface area contributed by atoms with Crippen molar-refractivity contribution in [3.63, 3.8) is 0 Å². The minimum Gasteiger partial charge on any atom is -0.473 e. The molecule has 0 fully saturated rings. The van der Waals surface area contributed by atoms with E-state index in [4.69, 9.17) is 10.5 Å². The number of nitrogens with zero attached hydrogens (tertiary/aromatic N) is 2. The molecular weight excluding hydrogens is 339 g/mol. The Labute approximate surface area is 120 Å². The number of benzene rings is 1. The Balaban J connectivity index is 2.13. The molecule has 1 aromatic carbocycles. The first-order valence-corrected chi connectivity index (χ1v) is 6.23. The monoisotopic (exact) mass is 347 g/mol. The lowest BCUT2D eigenvalue weighted by Gasteiger charge is -2.10. The Hall–Kier alpha value is -1.83. The molecule has 0 bridgehead atoms. The molecule has 0 spiro atoms. The smallest absolute Gasteiger partial charge is 0.433 e. The second-order valence-electron chi connectivity index (χ2n) is 3.86. The summed E-state index contributed by atoms with van der Waals surface area (Å²) in [5.74, 6) is -0.696. The van der Waals surface area contributed by atoms with Gasteiger partial charge in [0.25, 0.3) is 0 Å². The summed E-state index contributed by atoms with van der Waals surface area (Å²) in [5.41, 5.74) is 4.90. The quantitative estimate of drug-likeness (QED) is 0.923. The maximum absolute atomic E-state index is 12.5. The van der Waals surface area contributed by atoms with Crippen LogP contribution in [-0.2, 0) is 12.8 Å². The summed E-state index contributed by atoms with van der Waals surface area (Å²) in [6.07, 6.45) is -4.59. The van der Waals surface area contributed by atoms with Crippen molar-refractivity contribution < 1.29 is 17.9 Å². The van der Waals surface area contributed by atoms with Gasteiger partial charge in [-0.1, -0.05) is 28.1 Å². The van der Waals surface area contributed by atoms with Crippen LogP contribution in [0, 0.1) is 0 Å². The number of ether oxygens (including phenoxy) is 1. The summed E-state index contributed by atoms with van der Waals surface area (Å²) >= 11 is 3.28. The molecule has 1 heterocycles. The van der Waals surface area contributed by atoms with Gasteiger partial charge in [0.05, 0.1) is 0 Å². The Bertz CT molecular complexity index is 602. The molecule has 0 saturated heterocycles. The second kappa shape index (κ2) is 5.66. The molecule has 2 N–H and O–H groups in total. The molecule has 0 unspecified atom stereocenters. The zero-order chi connectivity index (χ0) is 14.8. The van der Waals surface area contributed by atoms with Crippen LogP contribution in [0.25, 0.3) is 0 Å². The molecule has 0 saturated carbocycles. The molecule has 1 aromatic heterocycles. The molecule has 8 heteroatoms. The van der Waals surface area contributed by atoms with E-state index in [9.17, 15) is 13.2 Å². The zero-order valence-electron chi connectivity index (χ0n) is 9.99. The minimum absolute atomic E-state index is 0.0844. The van der Waals surface area contributed by atoms with Crippen molar-refractivity contribution in [2.75, 3.05) is 5.73 Å². The summed E-state index contributed by atoms with van der Waals surface area (Å²) in [7, 11) is 0. The standard InChI is InChI=1S/C12H9BrF3N3O/c13-8-3-1-7(2-4-8)6-20-10-5-9(12(14,15)16)18-11(17)19-10/h1-5H,6H2,(H2,17,18,19). The predicted octanol–water partition coefficient (Wildman–Crippen LogP) is 3.42. The molecule has 0 aliphatic rings. The van der Waals surface area contributed by atoms with Gasteiger partial charge in [0.1, 0.15) is 6.61 Å². The molecule has 0 aliphatic heterocycles. The van der Waals surface area contributed by atoms with Crippen LogP contribution in [0.5, 0.6) is 5.88 Å². The Morgan fingerprint density at radius 3 is 2.40 bits per heavy atom. The van der Waals surface area contributed by atoms with Gasteiger partial charge in [0.2, 0.25) is 11.8 Å². The first-order chi connectivity index (χ1) is 9.34. The molecule has 20 heavy (non-hydrogen) atoms. The Morgan fingerprint density at radius 2 is 1.80 bits per heavy atom. The predicted molar refractivity (Wildman–Crippen MR) is 69.9 cm³/mol. The van der Waals surface area contributed by atoms with Gasteiger partial charge < -0.3 is 10.5 Å². The highest BCUT2D eigenvalue weighted by atomic mass is 79.9. The van der Waals surface area contributed by atoms with Gasteiger partial charge in [-0.25, -0.2) is 4.98 Å². The Kier molecular flexibility index (Phi) is 4.12. The van der Waals surface area contributed by atoms with Gasteiger partial charge in [-0.05, 0) is 17.7 Å². The van der Waals surface area contributed by atoms with Crippen LogP contribution in [0.4, 0.5) is 19.1 Å². The lowest BCUT2D eigenvalue weighted by molar-refractivity contribution is -0.141. The lowest BCUT2D eigenvalue weighted by atomic mass is 10.2. The molecule has 2 aromatic rings. The largest absolute Gasteiger partial charge is 0.473 e. The first-order valence-electron chi connectivity index (χ1n) is 5.43. The number of aromatic nitrogens is 2. The van der Waals surface area contributed by atoms with E-state index in [0.29, 0.717) is 0 Å². The van der Waals surface area contributed by atoms with E-state index in [1.807, 2.05) is 0 Å². The number of hydrogen-bond donors (Lipinski definition) is 1. The van der Waals surface area contributed by atoms with Crippen molar-refractivity contribution in [2.45, 2.75) is 12.8 Å². The van der Waals surface area contributed by atoms with Crippen molar-refractivity contribution in [2.24, 2.45) is 0 Å². The third-order valence-electron chi connectivity index (χ3n) is 2.31. The van der Waals surface area contributed by atoms with E-state index in [2.05, 4.69) is 25.9 Å². The number of rotatable bonds is 3. The number of halogens is 4. The lowest BCUT2D eigenvalue weighted by Crippen LogP contribution is -2.11. The van der Waals surface area contributed by atoms with Crippen LogP contribution in [0.15, 0.2) is 34.8 Å². The highest BCUT2D eigenvalue weighted by Crippen LogP contribution is 2.29. The van der Waals surface area contributed by atoms with E-state index in [1.54, 1.807) is 24.3 Å². The van der Waals surface area contributed by atoms with E-state index < -0.39 is 17.8 Å². The minimum atomic E-state index is -4.59. The number of anilines is 1. The molecule has 106 valence electrons. The van der Waals surface area contributed by atoms with E-state index in [0.717, 1.165) is 16.1 Å². The van der Waals surface area contributed by atoms with E-state index >= 15 is 0 Å². The van der Waals surface area contributed by atoms with Gasteiger partial charge in [-0.15, -0.1) is 0 Å². The third kappa shape index (κ3) is 3.83. The SMILES string of the molecule is Nc1nc(OCc2ccc(Br)cc2)cc(C(F)(F)F)n1. The summed E-state index contributed by atoms with van der Waals surface area (Å²) in [6, 6.07) is 7.87. The average molecular weight is 348 g/mol. The van der Waals surface area contributed by atoms with E-state index in [1.165, 1.54) is 0 Å². The summed E-state index contributed by atoms with van der Waals surface area (Å²) < 4.78 is 43.7. The van der Waals surface area contributed by atoms with Crippen LogP contribution in [0.3, 0.4) is 0 Å². The summed E-state index contributed by atoms with van der Waals surface area (Å²) in [5, 5.41) is 0. The fourth-order valence-electron chi connectivity index (χ4n) is 1.40. The zero-order valence-corrected chi connectivity index (χ0v) is 11.6. The number of nitrogens with two attached hydrogens (primary N) is 1. The topological polar surface area (TPSA) is 61.0 Å². The van der Waals surface area contributed by atoms with Crippen LogP contribution >= 0.6 is 15.9 Å². The normalized spacial score (nSPS) is 11.4. The van der Waals surface area contributed by atoms with Crippen molar-refractivity contribution in [1.82, 2.24) is 9.97 Å². The van der Waals surface area contributed by atoms with Crippen molar-refractivity contribution >= 4 is 21.9 Å². The molecule has 0 amide bonds. The fraction of sp³-hybridized carbons (Fsp3) is 0.167. The summed E-state index contributed by atoms with van der Waals surface area (Å²) in [6.45, 7) is 0.0844. The van der Waals surface area contributed by atoms with Crippen molar-refractivity contribution in [3.8, 4) is 5.88 Å². The van der Waals surface area contributed by atoms with Gasteiger partial charge in [0.15, 0.2) is 5.69 Å². The molecular formula is C12H9BrF3N3O. The first kappa shape index (κ1) is 14.6. The molecule has 4 nitrogen and oxygen atoms in total. The highest BCUT2D eigenvalue weighted by molar-refractivity contribution is 9.10. The molecule has 2 rings (SSSR count). The Morgan fingerprint density at radius 1 is 1.15 bits per heavy atom. The van der Waals surface area contributed by atoms with Crippen molar-refractivity contribution in [3.05, 3.63) is 46.1 Å². The summed E-state index contributed by atoms with van der Waals surface area (Å²) in [4.78, 5) is 6.74. The van der Waals surface area contributed by atoms with Crippen LogP contribution in [-0.4, -0.2) is 9.97 Å². The number of alkyl halides is 3. The molecule has 0 atom stereocenters. The highest BCUT2D eigenvalue weighted by Gasteiger charge is 2.33. The number of hydrogen-bond acceptors (Lipinski definition) is 4. The van der Waals surface area contributed by atoms with Gasteiger partial charge in [-0.3, -0.25) is 0 Å². The van der Waals surface area contributed by atoms with Gasteiger partial charge in [-0.2, -0.15) is 18.2 Å². The molecule has 0 aliphatic carbocycles. The third-order valence-corrected chi connectivity index (χ3v) is 2.84. The number of nitrogen functional groups attached to an aromatic ring is 1. The van der Waals surface area contributed by atoms with Crippen LogP contribution < -0.4 is 10.5 Å².